The normalized spacial score (nSPS) is 12.2. The Labute approximate surface area is 103 Å². The van der Waals surface area contributed by atoms with Gasteiger partial charge in [-0.15, -0.1) is 0 Å². The van der Waals surface area contributed by atoms with Gasteiger partial charge in [-0.3, -0.25) is 0 Å². The summed E-state index contributed by atoms with van der Waals surface area (Å²) >= 11 is 0. The Hall–Kier alpha value is -1.57. The lowest BCUT2D eigenvalue weighted by Gasteiger charge is -2.11. The van der Waals surface area contributed by atoms with Crippen molar-refractivity contribution in [1.29, 1.82) is 0 Å². The molecule has 17 heavy (non-hydrogen) atoms. The Kier molecular flexibility index (Phi) is 3.63. The van der Waals surface area contributed by atoms with Crippen molar-refractivity contribution in [2.24, 2.45) is 0 Å². The second-order valence-corrected chi connectivity index (χ2v) is 4.42. The van der Waals surface area contributed by atoms with E-state index in [0.29, 0.717) is 0 Å². The molecule has 2 rings (SSSR count). The summed E-state index contributed by atoms with van der Waals surface area (Å²) in [5.41, 5.74) is 3.43. The monoisotopic (exact) mass is 225 g/mol. The molecule has 0 aliphatic rings. The summed E-state index contributed by atoms with van der Waals surface area (Å²) in [6.45, 7) is 4.19. The summed E-state index contributed by atoms with van der Waals surface area (Å²) in [5.74, 6) is 0.104. The second-order valence-electron chi connectivity index (χ2n) is 4.42. The van der Waals surface area contributed by atoms with Gasteiger partial charge in [0.25, 0.3) is 0 Å². The molecule has 0 aliphatic carbocycles. The van der Waals surface area contributed by atoms with Gasteiger partial charge in [-0.25, -0.2) is 4.39 Å². The van der Waals surface area contributed by atoms with Crippen LogP contribution in [0.1, 0.15) is 23.9 Å². The van der Waals surface area contributed by atoms with Crippen LogP contribution in [0.15, 0.2) is 48.5 Å². The molecule has 1 radical (unpaired) electrons. The third kappa shape index (κ3) is 3.19. The van der Waals surface area contributed by atoms with Crippen LogP contribution in [-0.4, -0.2) is 7.28 Å². The highest BCUT2D eigenvalue weighted by atomic mass is 19.1. The molecular formula is C15H15BF. The van der Waals surface area contributed by atoms with Crippen molar-refractivity contribution < 1.29 is 4.39 Å². The molecule has 0 saturated heterocycles. The maximum absolute atomic E-state index is 13.1. The Balaban J connectivity index is 2.11. The number of hydrogen-bond donors (Lipinski definition) is 0. The molecule has 0 nitrogen and oxygen atoms in total. The molecular weight excluding hydrogens is 210 g/mol. The third-order valence-electron chi connectivity index (χ3n) is 2.89. The molecule has 1 atom stereocenters. The van der Waals surface area contributed by atoms with Crippen LogP contribution in [0.3, 0.4) is 0 Å². The third-order valence-corrected chi connectivity index (χ3v) is 2.89. The van der Waals surface area contributed by atoms with E-state index in [-0.39, 0.29) is 11.6 Å². The molecule has 0 spiro atoms. The minimum absolute atomic E-state index is 0.185. The van der Waals surface area contributed by atoms with Gasteiger partial charge in [-0.05, 0) is 24.9 Å². The predicted molar refractivity (Wildman–Crippen MR) is 71.4 cm³/mol. The fourth-order valence-corrected chi connectivity index (χ4v) is 1.87. The maximum atomic E-state index is 13.1. The van der Waals surface area contributed by atoms with E-state index in [2.05, 4.69) is 45.4 Å². The maximum Gasteiger partial charge on any atom is 0.160 e. The molecule has 2 aromatic rings. The minimum atomic E-state index is -0.185. The molecule has 0 fully saturated rings. The highest BCUT2D eigenvalue weighted by molar-refractivity contribution is 6.54. The first-order valence-corrected chi connectivity index (χ1v) is 5.82. The number of hydrogen-bond acceptors (Lipinski definition) is 0. The van der Waals surface area contributed by atoms with E-state index in [1.807, 2.05) is 6.07 Å². The molecule has 2 aromatic carbocycles. The Morgan fingerprint density at radius 2 is 1.76 bits per heavy atom. The fourth-order valence-electron chi connectivity index (χ4n) is 1.87. The van der Waals surface area contributed by atoms with E-state index in [4.69, 9.17) is 0 Å². The summed E-state index contributed by atoms with van der Waals surface area (Å²) in [7, 11) is 2.08. The van der Waals surface area contributed by atoms with Gasteiger partial charge in [-0.2, -0.15) is 0 Å². The average Bonchev–Trinajstić information content (AvgIpc) is 2.29. The van der Waals surface area contributed by atoms with Crippen LogP contribution in [0.5, 0.6) is 0 Å². The topological polar surface area (TPSA) is 0 Å². The Morgan fingerprint density at radius 3 is 2.41 bits per heavy atom. The second kappa shape index (κ2) is 5.18. The molecule has 0 amide bonds. The summed E-state index contributed by atoms with van der Waals surface area (Å²) in [5, 5.41) is 0. The van der Waals surface area contributed by atoms with Gasteiger partial charge >= 0.3 is 0 Å². The van der Waals surface area contributed by atoms with Crippen molar-refractivity contribution >= 4 is 12.7 Å². The molecule has 0 N–H and O–H groups in total. The SMILES string of the molecule is Cc1ccc(C(C)[B]c2cccc(F)c2)cc1. The van der Waals surface area contributed by atoms with Crippen LogP contribution in [0.25, 0.3) is 0 Å². The standard InChI is InChI=1S/C15H15BF/c1-11-6-8-13(9-7-11)12(2)16-14-4-3-5-15(17)10-14/h3-10,12H,1-2H3. The van der Waals surface area contributed by atoms with E-state index < -0.39 is 0 Å². The predicted octanol–water partition coefficient (Wildman–Crippen LogP) is 3.22. The first-order valence-electron chi connectivity index (χ1n) is 5.82. The lowest BCUT2D eigenvalue weighted by atomic mass is 9.57. The zero-order valence-corrected chi connectivity index (χ0v) is 10.2. The van der Waals surface area contributed by atoms with Gasteiger partial charge in [0, 0.05) is 0 Å². The average molecular weight is 225 g/mol. The largest absolute Gasteiger partial charge is 0.207 e. The van der Waals surface area contributed by atoms with Crippen molar-refractivity contribution in [3.05, 3.63) is 65.5 Å². The molecule has 0 heterocycles. The lowest BCUT2D eigenvalue weighted by Crippen LogP contribution is -2.20. The molecule has 1 unspecified atom stereocenters. The molecule has 2 heteroatoms. The van der Waals surface area contributed by atoms with E-state index in [1.165, 1.54) is 17.2 Å². The van der Waals surface area contributed by atoms with Crippen LogP contribution in [0.2, 0.25) is 0 Å². The highest BCUT2D eigenvalue weighted by Crippen LogP contribution is 2.14. The van der Waals surface area contributed by atoms with Crippen molar-refractivity contribution in [3.63, 3.8) is 0 Å². The molecule has 0 saturated carbocycles. The van der Waals surface area contributed by atoms with E-state index in [0.717, 1.165) is 5.46 Å². The zero-order valence-electron chi connectivity index (χ0n) is 10.2. The molecule has 0 aliphatic heterocycles. The van der Waals surface area contributed by atoms with Crippen LogP contribution >= 0.6 is 0 Å². The quantitative estimate of drug-likeness (QED) is 0.703. The number of rotatable bonds is 3. The van der Waals surface area contributed by atoms with Gasteiger partial charge in [0.05, 0.1) is 0 Å². The minimum Gasteiger partial charge on any atom is -0.207 e. The van der Waals surface area contributed by atoms with Gasteiger partial charge in [0.15, 0.2) is 7.28 Å². The van der Waals surface area contributed by atoms with Crippen molar-refractivity contribution in [3.8, 4) is 0 Å². The van der Waals surface area contributed by atoms with Gasteiger partial charge in [0.1, 0.15) is 5.82 Å². The highest BCUT2D eigenvalue weighted by Gasteiger charge is 2.08. The first-order chi connectivity index (χ1) is 8.15. The van der Waals surface area contributed by atoms with Gasteiger partial charge in [0.2, 0.25) is 0 Å². The van der Waals surface area contributed by atoms with Crippen LogP contribution in [0.4, 0.5) is 4.39 Å². The van der Waals surface area contributed by atoms with Crippen LogP contribution < -0.4 is 5.46 Å². The molecule has 0 aromatic heterocycles. The van der Waals surface area contributed by atoms with Crippen molar-refractivity contribution in [2.75, 3.05) is 0 Å². The summed E-state index contributed by atoms with van der Waals surface area (Å²) in [6, 6.07) is 15.1. The smallest absolute Gasteiger partial charge is 0.160 e. The van der Waals surface area contributed by atoms with E-state index in [9.17, 15) is 4.39 Å². The lowest BCUT2D eigenvalue weighted by molar-refractivity contribution is 0.629. The zero-order chi connectivity index (χ0) is 12.3. The van der Waals surface area contributed by atoms with E-state index in [1.54, 1.807) is 12.1 Å². The van der Waals surface area contributed by atoms with Crippen LogP contribution in [0, 0.1) is 12.7 Å². The summed E-state index contributed by atoms with van der Waals surface area (Å²) < 4.78 is 13.1. The fraction of sp³-hybridized carbons (Fsp3) is 0.200. The summed E-state index contributed by atoms with van der Waals surface area (Å²) in [6.07, 6.45) is 0. The van der Waals surface area contributed by atoms with Crippen LogP contribution in [-0.2, 0) is 0 Å². The van der Waals surface area contributed by atoms with Crippen molar-refractivity contribution in [2.45, 2.75) is 19.7 Å². The number of benzene rings is 2. The Morgan fingerprint density at radius 1 is 1.06 bits per heavy atom. The summed E-state index contributed by atoms with van der Waals surface area (Å²) in [4.78, 5) is 0. The molecule has 0 bridgehead atoms. The number of halogens is 1. The van der Waals surface area contributed by atoms with E-state index >= 15 is 0 Å². The van der Waals surface area contributed by atoms with Gasteiger partial charge < -0.3 is 0 Å². The molecule has 85 valence electrons. The van der Waals surface area contributed by atoms with Gasteiger partial charge in [-0.1, -0.05) is 59.9 Å². The van der Waals surface area contributed by atoms with Crippen molar-refractivity contribution in [1.82, 2.24) is 0 Å². The first kappa shape index (κ1) is 11.9. The Bertz CT molecular complexity index is 491. The number of aryl methyl sites for hydroxylation is 1.